The second-order valence-corrected chi connectivity index (χ2v) is 9.96. The average molecular weight is 470 g/mol. The van der Waals surface area contributed by atoms with Gasteiger partial charge in [-0.1, -0.05) is 49.2 Å². The molecule has 5 rings (SSSR count). The van der Waals surface area contributed by atoms with Crippen molar-refractivity contribution in [3.63, 3.8) is 0 Å². The Morgan fingerprint density at radius 1 is 1.06 bits per heavy atom. The number of aromatic amines is 1. The van der Waals surface area contributed by atoms with Gasteiger partial charge in [0.1, 0.15) is 11.6 Å². The molecule has 1 aromatic heterocycles. The molecule has 0 radical (unpaired) electrons. The molecule has 8 heteroatoms. The van der Waals surface area contributed by atoms with Crippen molar-refractivity contribution in [1.29, 1.82) is 0 Å². The first-order chi connectivity index (χ1) is 15.1. The number of fused-ring (bicyclic) bond motifs is 1. The van der Waals surface area contributed by atoms with Crippen molar-refractivity contribution in [2.75, 3.05) is 5.32 Å². The standard InChI is InChI=1S/C24H21Cl2N3O3/c1-24(2)10-16-20(18(31)11-24)19(12-3-6-14(30)7-4-12)21-22(27-16)28-29(23(21)32)17-9-13(25)5-8-15(17)26/h3-9,19,27-28,30H,10-11H2,1-2H3/t19-/m1/s1. The fraction of sp³-hybridized carbons (Fsp3) is 0.250. The van der Waals surface area contributed by atoms with Crippen molar-refractivity contribution in [3.05, 3.63) is 85.3 Å². The zero-order valence-corrected chi connectivity index (χ0v) is 19.0. The van der Waals surface area contributed by atoms with Crippen LogP contribution in [0.5, 0.6) is 5.75 Å². The molecule has 1 aliphatic carbocycles. The van der Waals surface area contributed by atoms with Gasteiger partial charge in [0, 0.05) is 28.6 Å². The summed E-state index contributed by atoms with van der Waals surface area (Å²) in [5, 5.41) is 17.0. The van der Waals surface area contributed by atoms with Crippen LogP contribution in [0.3, 0.4) is 0 Å². The Morgan fingerprint density at radius 2 is 1.78 bits per heavy atom. The third-order valence-electron chi connectivity index (χ3n) is 6.08. The number of hydrogen-bond acceptors (Lipinski definition) is 4. The van der Waals surface area contributed by atoms with Crippen LogP contribution in [0.25, 0.3) is 5.69 Å². The lowest BCUT2D eigenvalue weighted by molar-refractivity contribution is -0.118. The van der Waals surface area contributed by atoms with E-state index < -0.39 is 5.92 Å². The van der Waals surface area contributed by atoms with E-state index >= 15 is 0 Å². The number of rotatable bonds is 2. The van der Waals surface area contributed by atoms with Crippen LogP contribution in [0, 0.1) is 5.41 Å². The molecule has 3 N–H and O–H groups in total. The number of allylic oxidation sites excluding steroid dienone is 2. The lowest BCUT2D eigenvalue weighted by Gasteiger charge is -2.37. The summed E-state index contributed by atoms with van der Waals surface area (Å²) in [5.74, 6) is 0.0904. The molecule has 2 heterocycles. The maximum Gasteiger partial charge on any atom is 0.277 e. The summed E-state index contributed by atoms with van der Waals surface area (Å²) in [6, 6.07) is 11.5. The fourth-order valence-electron chi connectivity index (χ4n) is 4.72. The third-order valence-corrected chi connectivity index (χ3v) is 6.63. The van der Waals surface area contributed by atoms with Crippen LogP contribution in [0.2, 0.25) is 10.0 Å². The predicted molar refractivity (Wildman–Crippen MR) is 125 cm³/mol. The normalized spacial score (nSPS) is 19.4. The fourth-order valence-corrected chi connectivity index (χ4v) is 5.09. The highest BCUT2D eigenvalue weighted by molar-refractivity contribution is 6.34. The summed E-state index contributed by atoms with van der Waals surface area (Å²) in [7, 11) is 0. The lowest BCUT2D eigenvalue weighted by Crippen LogP contribution is -2.35. The number of phenolic OH excluding ortho intramolecular Hbond substituents is 1. The second kappa shape index (κ2) is 7.29. The molecule has 0 spiro atoms. The van der Waals surface area contributed by atoms with Crippen LogP contribution >= 0.6 is 23.2 Å². The number of carbonyl (C=O) groups is 1. The Balaban J connectivity index is 1.76. The minimum atomic E-state index is -0.562. The minimum Gasteiger partial charge on any atom is -0.508 e. The smallest absolute Gasteiger partial charge is 0.277 e. The lowest BCUT2D eigenvalue weighted by atomic mass is 9.69. The topological polar surface area (TPSA) is 87.1 Å². The van der Waals surface area contributed by atoms with E-state index in [0.29, 0.717) is 45.5 Å². The Morgan fingerprint density at radius 3 is 2.50 bits per heavy atom. The first-order valence-electron chi connectivity index (χ1n) is 10.3. The van der Waals surface area contributed by atoms with Gasteiger partial charge in [-0.15, -0.1) is 0 Å². The number of carbonyl (C=O) groups excluding carboxylic acids is 1. The predicted octanol–water partition coefficient (Wildman–Crippen LogP) is 5.38. The summed E-state index contributed by atoms with van der Waals surface area (Å²) in [6.45, 7) is 4.11. The SMILES string of the molecule is CC1(C)CC(=O)C2=C(C1)Nc1[nH]n(-c3cc(Cl)ccc3Cl)c(=O)c1[C@@H]2c1ccc(O)cc1. The number of H-pyrrole nitrogens is 1. The van der Waals surface area contributed by atoms with E-state index in [2.05, 4.69) is 24.3 Å². The van der Waals surface area contributed by atoms with Crippen molar-refractivity contribution in [3.8, 4) is 11.4 Å². The quantitative estimate of drug-likeness (QED) is 0.470. The molecule has 0 unspecified atom stereocenters. The molecule has 32 heavy (non-hydrogen) atoms. The highest BCUT2D eigenvalue weighted by Crippen LogP contribution is 2.48. The molecule has 2 aliphatic rings. The second-order valence-electron chi connectivity index (χ2n) is 9.12. The van der Waals surface area contributed by atoms with Gasteiger partial charge in [0.2, 0.25) is 0 Å². The van der Waals surface area contributed by atoms with Gasteiger partial charge in [0.15, 0.2) is 5.78 Å². The van der Waals surface area contributed by atoms with E-state index in [-0.39, 0.29) is 22.5 Å². The van der Waals surface area contributed by atoms with E-state index in [4.69, 9.17) is 23.2 Å². The van der Waals surface area contributed by atoms with Gasteiger partial charge in [-0.3, -0.25) is 14.7 Å². The van der Waals surface area contributed by atoms with Crippen LogP contribution in [0.1, 0.15) is 43.7 Å². The summed E-state index contributed by atoms with van der Waals surface area (Å²) in [5.41, 5.74) is 2.50. The molecule has 0 saturated heterocycles. The molecule has 6 nitrogen and oxygen atoms in total. The minimum absolute atomic E-state index is 0.0143. The maximum atomic E-state index is 13.6. The van der Waals surface area contributed by atoms with Gasteiger partial charge in [-0.05, 0) is 47.7 Å². The molecule has 0 bridgehead atoms. The number of nitrogens with one attached hydrogen (secondary N) is 2. The molecule has 0 fully saturated rings. The van der Waals surface area contributed by atoms with Crippen LogP contribution in [-0.4, -0.2) is 20.7 Å². The average Bonchev–Trinajstić information content (AvgIpc) is 3.04. The zero-order chi connectivity index (χ0) is 22.8. The zero-order valence-electron chi connectivity index (χ0n) is 17.5. The highest BCUT2D eigenvalue weighted by Gasteiger charge is 2.43. The summed E-state index contributed by atoms with van der Waals surface area (Å²) < 4.78 is 1.35. The van der Waals surface area contributed by atoms with Crippen molar-refractivity contribution < 1.29 is 9.90 Å². The molecular formula is C24H21Cl2N3O3. The largest absolute Gasteiger partial charge is 0.508 e. The number of Topliss-reactive ketones (excluding diaryl/α,β-unsaturated/α-hetero) is 1. The Bertz CT molecular complexity index is 1350. The number of phenols is 1. The molecule has 0 amide bonds. The van der Waals surface area contributed by atoms with E-state index in [1.165, 1.54) is 4.68 Å². The number of hydrogen-bond donors (Lipinski definition) is 3. The molecule has 3 aromatic rings. The first-order valence-corrected chi connectivity index (χ1v) is 11.0. The van der Waals surface area contributed by atoms with Gasteiger partial charge in [0.05, 0.1) is 16.3 Å². The Kier molecular flexibility index (Phi) is 4.76. The number of anilines is 1. The van der Waals surface area contributed by atoms with Crippen LogP contribution in [-0.2, 0) is 4.79 Å². The third kappa shape index (κ3) is 3.34. The van der Waals surface area contributed by atoms with Crippen molar-refractivity contribution >= 4 is 34.8 Å². The maximum absolute atomic E-state index is 13.6. The van der Waals surface area contributed by atoms with Crippen molar-refractivity contribution in [1.82, 2.24) is 9.78 Å². The number of benzene rings is 2. The van der Waals surface area contributed by atoms with Gasteiger partial charge < -0.3 is 10.4 Å². The number of nitrogens with zero attached hydrogens (tertiary/aromatic N) is 1. The van der Waals surface area contributed by atoms with Crippen LogP contribution in [0.15, 0.2) is 58.5 Å². The molecule has 164 valence electrons. The summed E-state index contributed by atoms with van der Waals surface area (Å²) in [6.07, 6.45) is 1.07. The van der Waals surface area contributed by atoms with E-state index in [1.54, 1.807) is 42.5 Å². The van der Waals surface area contributed by atoms with Gasteiger partial charge in [0.25, 0.3) is 5.56 Å². The first kappa shape index (κ1) is 20.9. The molecular weight excluding hydrogens is 449 g/mol. The van der Waals surface area contributed by atoms with Gasteiger partial charge in [-0.2, -0.15) is 0 Å². The van der Waals surface area contributed by atoms with E-state index in [0.717, 1.165) is 11.3 Å². The Labute approximate surface area is 194 Å². The number of halogens is 2. The highest BCUT2D eigenvalue weighted by atomic mass is 35.5. The number of aromatic hydroxyl groups is 1. The van der Waals surface area contributed by atoms with E-state index in [1.807, 2.05) is 0 Å². The summed E-state index contributed by atoms with van der Waals surface area (Å²) in [4.78, 5) is 26.9. The molecule has 2 aromatic carbocycles. The van der Waals surface area contributed by atoms with Crippen LogP contribution < -0.4 is 10.9 Å². The Hall–Kier alpha value is -2.96. The van der Waals surface area contributed by atoms with Gasteiger partial charge in [-0.25, -0.2) is 4.68 Å². The summed E-state index contributed by atoms with van der Waals surface area (Å²) >= 11 is 12.5. The molecule has 1 aliphatic heterocycles. The van der Waals surface area contributed by atoms with E-state index in [9.17, 15) is 14.7 Å². The molecule has 0 saturated carbocycles. The van der Waals surface area contributed by atoms with Crippen LogP contribution in [0.4, 0.5) is 5.82 Å². The van der Waals surface area contributed by atoms with Crippen molar-refractivity contribution in [2.45, 2.75) is 32.6 Å². The van der Waals surface area contributed by atoms with Crippen molar-refractivity contribution in [2.24, 2.45) is 5.41 Å². The van der Waals surface area contributed by atoms with Gasteiger partial charge >= 0.3 is 0 Å². The number of aromatic nitrogens is 2. The molecule has 1 atom stereocenters. The number of ketones is 1. The monoisotopic (exact) mass is 469 g/mol.